The molecule has 0 saturated carbocycles. The molecule has 6 nitrogen and oxygen atoms in total. The Balaban J connectivity index is 1.46. The van der Waals surface area contributed by atoms with Crippen LogP contribution in [-0.2, 0) is 6.42 Å². The second-order valence-electron chi connectivity index (χ2n) is 6.93. The van der Waals surface area contributed by atoms with E-state index in [4.69, 9.17) is 16.0 Å². The van der Waals surface area contributed by atoms with Crippen LogP contribution in [-0.4, -0.2) is 39.0 Å². The van der Waals surface area contributed by atoms with Gasteiger partial charge >= 0.3 is 0 Å². The fourth-order valence-electron chi connectivity index (χ4n) is 3.52. The third-order valence-electron chi connectivity index (χ3n) is 4.89. The Hall–Kier alpha value is -2.86. The lowest BCUT2D eigenvalue weighted by Gasteiger charge is -2.31. The summed E-state index contributed by atoms with van der Waals surface area (Å²) in [7, 11) is 0. The molecule has 1 aliphatic heterocycles. The molecular weight excluding hydrogens is 378 g/mol. The fourth-order valence-corrected chi connectivity index (χ4v) is 3.73. The summed E-state index contributed by atoms with van der Waals surface area (Å²) in [5, 5.41) is 10.6. The molecule has 1 aromatic carbocycles. The minimum absolute atomic E-state index is 0.0247. The van der Waals surface area contributed by atoms with Crippen LogP contribution in [0.5, 0.6) is 5.75 Å². The first-order chi connectivity index (χ1) is 13.6. The molecule has 1 amide bonds. The molecule has 1 saturated heterocycles. The van der Waals surface area contributed by atoms with Crippen LogP contribution in [0.3, 0.4) is 0 Å². The number of aromatic nitrogens is 2. The van der Waals surface area contributed by atoms with E-state index < -0.39 is 0 Å². The lowest BCUT2D eigenvalue weighted by molar-refractivity contribution is 0.0688. The smallest absolute Gasteiger partial charge is 0.276 e. The quantitative estimate of drug-likeness (QED) is 0.718. The van der Waals surface area contributed by atoms with E-state index in [2.05, 4.69) is 9.97 Å². The van der Waals surface area contributed by atoms with E-state index in [1.807, 2.05) is 24.3 Å². The van der Waals surface area contributed by atoms with Gasteiger partial charge in [-0.15, -0.1) is 0 Å². The SMILES string of the molecule is O=C(c1ncccc1O)N1CCC[C@H](c2ncc(Cc3cccc(Cl)c3)o2)C1. The Bertz CT molecular complexity index is 988. The van der Waals surface area contributed by atoms with Gasteiger partial charge in [-0.25, -0.2) is 9.97 Å². The number of carbonyl (C=O) groups excluding carboxylic acids is 1. The summed E-state index contributed by atoms with van der Waals surface area (Å²) in [6.07, 6.45) is 5.60. The lowest BCUT2D eigenvalue weighted by atomic mass is 9.97. The maximum atomic E-state index is 12.7. The fraction of sp³-hybridized carbons (Fsp3) is 0.286. The number of piperidine rings is 1. The molecule has 0 unspecified atom stereocenters. The van der Waals surface area contributed by atoms with Crippen LogP contribution >= 0.6 is 11.6 Å². The average molecular weight is 398 g/mol. The number of halogens is 1. The number of pyridine rings is 1. The van der Waals surface area contributed by atoms with Gasteiger partial charge in [0, 0.05) is 30.7 Å². The van der Waals surface area contributed by atoms with Crippen LogP contribution in [0.25, 0.3) is 0 Å². The number of amides is 1. The highest BCUT2D eigenvalue weighted by Crippen LogP contribution is 2.29. The van der Waals surface area contributed by atoms with Gasteiger partial charge in [-0.3, -0.25) is 4.79 Å². The predicted octanol–water partition coefficient (Wildman–Crippen LogP) is 4.04. The first-order valence-electron chi connectivity index (χ1n) is 9.22. The van der Waals surface area contributed by atoms with Crippen molar-refractivity contribution in [3.05, 3.63) is 76.7 Å². The van der Waals surface area contributed by atoms with Gasteiger partial charge in [-0.05, 0) is 42.7 Å². The molecule has 144 valence electrons. The van der Waals surface area contributed by atoms with Crippen molar-refractivity contribution in [1.29, 1.82) is 0 Å². The number of likely N-dealkylation sites (tertiary alicyclic amines) is 1. The maximum absolute atomic E-state index is 12.7. The summed E-state index contributed by atoms with van der Waals surface area (Å²) in [6, 6.07) is 10.7. The van der Waals surface area contributed by atoms with Crippen LogP contribution in [0.4, 0.5) is 0 Å². The largest absolute Gasteiger partial charge is 0.505 e. The highest BCUT2D eigenvalue weighted by atomic mass is 35.5. The van der Waals surface area contributed by atoms with Crippen molar-refractivity contribution in [2.75, 3.05) is 13.1 Å². The number of nitrogens with zero attached hydrogens (tertiary/aromatic N) is 3. The second-order valence-corrected chi connectivity index (χ2v) is 7.37. The molecule has 3 heterocycles. The zero-order valence-electron chi connectivity index (χ0n) is 15.2. The molecule has 1 atom stereocenters. The highest BCUT2D eigenvalue weighted by Gasteiger charge is 2.30. The van der Waals surface area contributed by atoms with Gasteiger partial charge < -0.3 is 14.4 Å². The normalized spacial score (nSPS) is 16.9. The van der Waals surface area contributed by atoms with Crippen LogP contribution in [0, 0.1) is 0 Å². The summed E-state index contributed by atoms with van der Waals surface area (Å²) in [5.41, 5.74) is 1.14. The van der Waals surface area contributed by atoms with Crippen LogP contribution in [0.15, 0.2) is 53.2 Å². The number of hydrogen-bond donors (Lipinski definition) is 1. The lowest BCUT2D eigenvalue weighted by Crippen LogP contribution is -2.39. The summed E-state index contributed by atoms with van der Waals surface area (Å²) in [6.45, 7) is 1.12. The molecule has 3 aromatic rings. The van der Waals surface area contributed by atoms with Crippen molar-refractivity contribution in [2.45, 2.75) is 25.2 Å². The van der Waals surface area contributed by atoms with Crippen LogP contribution in [0.1, 0.15) is 46.5 Å². The second kappa shape index (κ2) is 8.02. The topological polar surface area (TPSA) is 79.5 Å². The first-order valence-corrected chi connectivity index (χ1v) is 9.60. The summed E-state index contributed by atoms with van der Waals surface area (Å²) < 4.78 is 5.97. The number of oxazole rings is 1. The van der Waals surface area contributed by atoms with E-state index >= 15 is 0 Å². The molecule has 7 heteroatoms. The average Bonchev–Trinajstić information content (AvgIpc) is 3.16. The summed E-state index contributed by atoms with van der Waals surface area (Å²) in [5.74, 6) is 1.06. The Morgan fingerprint density at radius 1 is 1.29 bits per heavy atom. The minimum atomic E-state index is -0.270. The Kier molecular flexibility index (Phi) is 5.30. The molecule has 1 N–H and O–H groups in total. The van der Waals surface area contributed by atoms with E-state index in [9.17, 15) is 9.90 Å². The number of rotatable bonds is 4. The molecule has 1 aliphatic rings. The third-order valence-corrected chi connectivity index (χ3v) is 5.12. The Labute approximate surface area is 167 Å². The van der Waals surface area contributed by atoms with Crippen LogP contribution in [0.2, 0.25) is 5.02 Å². The summed E-state index contributed by atoms with van der Waals surface area (Å²) >= 11 is 6.04. The van der Waals surface area contributed by atoms with E-state index in [1.165, 1.54) is 12.3 Å². The van der Waals surface area contributed by atoms with Crippen molar-refractivity contribution in [3.8, 4) is 5.75 Å². The first kappa shape index (κ1) is 18.5. The predicted molar refractivity (Wildman–Crippen MR) is 105 cm³/mol. The maximum Gasteiger partial charge on any atom is 0.276 e. The number of hydrogen-bond acceptors (Lipinski definition) is 5. The Morgan fingerprint density at radius 3 is 3.00 bits per heavy atom. The zero-order valence-corrected chi connectivity index (χ0v) is 16.0. The van der Waals surface area contributed by atoms with Crippen molar-refractivity contribution in [3.63, 3.8) is 0 Å². The van der Waals surface area contributed by atoms with Gasteiger partial charge in [-0.2, -0.15) is 0 Å². The van der Waals surface area contributed by atoms with Gasteiger partial charge in [0.15, 0.2) is 11.6 Å². The molecule has 2 aromatic heterocycles. The molecule has 4 rings (SSSR count). The monoisotopic (exact) mass is 397 g/mol. The number of benzene rings is 1. The van der Waals surface area contributed by atoms with E-state index in [0.717, 1.165) is 24.2 Å². The van der Waals surface area contributed by atoms with Crippen molar-refractivity contribution in [1.82, 2.24) is 14.9 Å². The summed E-state index contributed by atoms with van der Waals surface area (Å²) in [4.78, 5) is 22.9. The molecule has 1 fully saturated rings. The van der Waals surface area contributed by atoms with E-state index in [1.54, 1.807) is 17.2 Å². The zero-order chi connectivity index (χ0) is 19.5. The van der Waals surface area contributed by atoms with Crippen molar-refractivity contribution < 1.29 is 14.3 Å². The third kappa shape index (κ3) is 4.02. The van der Waals surface area contributed by atoms with Gasteiger partial charge in [0.25, 0.3) is 5.91 Å². The van der Waals surface area contributed by atoms with Gasteiger partial charge in [0.05, 0.1) is 12.1 Å². The van der Waals surface area contributed by atoms with Crippen molar-refractivity contribution in [2.24, 2.45) is 0 Å². The van der Waals surface area contributed by atoms with Crippen molar-refractivity contribution >= 4 is 17.5 Å². The molecule has 0 aliphatic carbocycles. The van der Waals surface area contributed by atoms with Gasteiger partial charge in [0.1, 0.15) is 11.5 Å². The Morgan fingerprint density at radius 2 is 2.18 bits per heavy atom. The van der Waals surface area contributed by atoms with Gasteiger partial charge in [0.2, 0.25) is 0 Å². The molecule has 0 radical (unpaired) electrons. The number of aromatic hydroxyl groups is 1. The molecule has 0 bridgehead atoms. The number of carbonyl (C=O) groups is 1. The van der Waals surface area contributed by atoms with Gasteiger partial charge in [-0.1, -0.05) is 23.7 Å². The van der Waals surface area contributed by atoms with E-state index in [-0.39, 0.29) is 23.3 Å². The minimum Gasteiger partial charge on any atom is -0.505 e. The highest BCUT2D eigenvalue weighted by molar-refractivity contribution is 6.30. The molecule has 28 heavy (non-hydrogen) atoms. The molecular formula is C21H20ClN3O3. The standard InChI is InChI=1S/C21H20ClN3O3/c22-16-6-1-4-14(10-16)11-17-12-24-20(28-17)15-5-3-9-25(13-15)21(27)19-18(26)7-2-8-23-19/h1-2,4,6-8,10,12,15,26H,3,5,9,11,13H2/t15-/m0/s1. The van der Waals surface area contributed by atoms with Crippen LogP contribution < -0.4 is 0 Å². The van der Waals surface area contributed by atoms with E-state index in [0.29, 0.717) is 30.4 Å². The molecule has 0 spiro atoms.